The van der Waals surface area contributed by atoms with Crippen molar-refractivity contribution in [2.75, 3.05) is 18.5 Å². The molecule has 0 fully saturated rings. The third-order valence-electron chi connectivity index (χ3n) is 2.61. The zero-order valence-corrected chi connectivity index (χ0v) is 10.4. The predicted molar refractivity (Wildman–Crippen MR) is 66.4 cm³/mol. The molecule has 0 radical (unpaired) electrons. The number of ether oxygens (including phenoxy) is 2. The van der Waals surface area contributed by atoms with Gasteiger partial charge in [0.05, 0.1) is 5.69 Å². The molecule has 2 rings (SSSR count). The summed E-state index contributed by atoms with van der Waals surface area (Å²) in [5.74, 6) is 0.831. The lowest BCUT2D eigenvalue weighted by atomic mass is 10.1. The van der Waals surface area contributed by atoms with Crippen LogP contribution in [0.3, 0.4) is 0 Å². The van der Waals surface area contributed by atoms with Crippen molar-refractivity contribution in [2.45, 2.75) is 20.3 Å². The van der Waals surface area contributed by atoms with Gasteiger partial charge in [0.25, 0.3) is 0 Å². The van der Waals surface area contributed by atoms with Crippen LogP contribution in [0.25, 0.3) is 0 Å². The largest absolute Gasteiger partial charge is 0.486 e. The Morgan fingerprint density at radius 3 is 2.39 bits per heavy atom. The van der Waals surface area contributed by atoms with Gasteiger partial charge in [-0.05, 0) is 6.07 Å². The summed E-state index contributed by atoms with van der Waals surface area (Å²) in [5, 5.41) is 2.64. The fraction of sp³-hybridized carbons (Fsp3) is 0.385. The van der Waals surface area contributed by atoms with Crippen LogP contribution >= 0.6 is 0 Å². The third kappa shape index (κ3) is 2.45. The molecule has 0 saturated carbocycles. The molecule has 5 heteroatoms. The quantitative estimate of drug-likeness (QED) is 0.832. The van der Waals surface area contributed by atoms with E-state index in [1.54, 1.807) is 19.1 Å². The minimum atomic E-state index is -0.225. The van der Waals surface area contributed by atoms with Crippen molar-refractivity contribution >= 4 is 17.4 Å². The Bertz CT molecular complexity index is 496. The normalized spacial score (nSPS) is 13.0. The highest BCUT2D eigenvalue weighted by Crippen LogP contribution is 2.36. The van der Waals surface area contributed by atoms with E-state index in [0.717, 1.165) is 0 Å². The van der Waals surface area contributed by atoms with E-state index in [0.29, 0.717) is 42.4 Å². The number of benzene rings is 1. The molecule has 1 amide bonds. The van der Waals surface area contributed by atoms with Crippen LogP contribution < -0.4 is 14.8 Å². The lowest BCUT2D eigenvalue weighted by molar-refractivity contribution is -0.114. The van der Waals surface area contributed by atoms with E-state index in [2.05, 4.69) is 5.32 Å². The number of nitrogens with one attached hydrogen (secondary N) is 1. The van der Waals surface area contributed by atoms with Gasteiger partial charge >= 0.3 is 0 Å². The molecule has 1 aromatic carbocycles. The predicted octanol–water partition coefficient (Wildman–Crippen LogP) is 2.01. The average molecular weight is 249 g/mol. The van der Waals surface area contributed by atoms with E-state index in [4.69, 9.17) is 9.47 Å². The molecule has 0 unspecified atom stereocenters. The SMILES string of the molecule is CCC(=O)c1cc2c(cc1NC(C)=O)OCCO2. The molecule has 0 bridgehead atoms. The summed E-state index contributed by atoms with van der Waals surface area (Å²) >= 11 is 0. The first-order chi connectivity index (χ1) is 8.61. The highest BCUT2D eigenvalue weighted by atomic mass is 16.6. The molecule has 0 saturated heterocycles. The molecular weight excluding hydrogens is 234 g/mol. The highest BCUT2D eigenvalue weighted by Gasteiger charge is 2.19. The summed E-state index contributed by atoms with van der Waals surface area (Å²) in [6.45, 7) is 4.10. The van der Waals surface area contributed by atoms with Crippen molar-refractivity contribution in [3.8, 4) is 11.5 Å². The fourth-order valence-corrected chi connectivity index (χ4v) is 1.80. The maximum absolute atomic E-state index is 11.9. The zero-order valence-electron chi connectivity index (χ0n) is 10.4. The maximum atomic E-state index is 11.9. The first-order valence-corrected chi connectivity index (χ1v) is 5.86. The lowest BCUT2D eigenvalue weighted by Crippen LogP contribution is -2.17. The molecule has 0 atom stereocenters. The van der Waals surface area contributed by atoms with Gasteiger partial charge in [0.15, 0.2) is 17.3 Å². The van der Waals surface area contributed by atoms with E-state index < -0.39 is 0 Å². The lowest BCUT2D eigenvalue weighted by Gasteiger charge is -2.20. The molecule has 0 aliphatic carbocycles. The van der Waals surface area contributed by atoms with Gasteiger partial charge in [-0.3, -0.25) is 9.59 Å². The van der Waals surface area contributed by atoms with E-state index >= 15 is 0 Å². The average Bonchev–Trinajstić information content (AvgIpc) is 2.36. The summed E-state index contributed by atoms with van der Waals surface area (Å²) < 4.78 is 10.9. The Labute approximate surface area is 105 Å². The number of Topliss-reactive ketones (excluding diaryl/α,β-unsaturated/α-hetero) is 1. The summed E-state index contributed by atoms with van der Waals surface area (Å²) in [5.41, 5.74) is 0.926. The molecule has 5 nitrogen and oxygen atoms in total. The second-order valence-electron chi connectivity index (χ2n) is 4.00. The molecule has 1 aromatic rings. The topological polar surface area (TPSA) is 64.6 Å². The van der Waals surface area contributed by atoms with Crippen LogP contribution in [0.1, 0.15) is 30.6 Å². The van der Waals surface area contributed by atoms with Crippen molar-refractivity contribution in [3.63, 3.8) is 0 Å². The monoisotopic (exact) mass is 249 g/mol. The second kappa shape index (κ2) is 5.08. The summed E-state index contributed by atoms with van der Waals surface area (Å²) in [6, 6.07) is 3.27. The molecule has 1 aliphatic heterocycles. The smallest absolute Gasteiger partial charge is 0.221 e. The number of rotatable bonds is 3. The number of fused-ring (bicyclic) bond motifs is 1. The first-order valence-electron chi connectivity index (χ1n) is 5.86. The van der Waals surface area contributed by atoms with Gasteiger partial charge in [-0.1, -0.05) is 6.92 Å². The standard InChI is InChI=1S/C13H15NO4/c1-3-11(16)9-6-12-13(18-5-4-17-12)7-10(9)14-8(2)15/h6-7H,3-5H2,1-2H3,(H,14,15). The number of anilines is 1. The number of carbonyl (C=O) groups is 2. The molecule has 0 aromatic heterocycles. The molecule has 0 spiro atoms. The highest BCUT2D eigenvalue weighted by molar-refractivity contribution is 6.05. The minimum absolute atomic E-state index is 0.0456. The number of hydrogen-bond donors (Lipinski definition) is 1. The van der Waals surface area contributed by atoms with Gasteiger partial charge in [0.2, 0.25) is 5.91 Å². The fourth-order valence-electron chi connectivity index (χ4n) is 1.80. The second-order valence-corrected chi connectivity index (χ2v) is 4.00. The van der Waals surface area contributed by atoms with Crippen LogP contribution in [0.2, 0.25) is 0 Å². The van der Waals surface area contributed by atoms with Crippen LogP contribution in [0.5, 0.6) is 11.5 Å². The van der Waals surface area contributed by atoms with E-state index in [1.165, 1.54) is 6.92 Å². The van der Waals surface area contributed by atoms with Crippen molar-refractivity contribution in [1.29, 1.82) is 0 Å². The summed E-state index contributed by atoms with van der Waals surface area (Å²) in [7, 11) is 0. The maximum Gasteiger partial charge on any atom is 0.221 e. The molecule has 1 aliphatic rings. The van der Waals surface area contributed by atoms with Crippen molar-refractivity contribution in [2.24, 2.45) is 0 Å². The van der Waals surface area contributed by atoms with Gasteiger partial charge in [-0.15, -0.1) is 0 Å². The Hall–Kier alpha value is -2.04. The minimum Gasteiger partial charge on any atom is -0.486 e. The summed E-state index contributed by atoms with van der Waals surface area (Å²) in [4.78, 5) is 23.0. The first kappa shape index (κ1) is 12.4. The third-order valence-corrected chi connectivity index (χ3v) is 2.61. The van der Waals surface area contributed by atoms with Crippen molar-refractivity contribution in [3.05, 3.63) is 17.7 Å². The van der Waals surface area contributed by atoms with Crippen molar-refractivity contribution in [1.82, 2.24) is 0 Å². The molecule has 18 heavy (non-hydrogen) atoms. The van der Waals surface area contributed by atoms with Crippen LogP contribution in [0.15, 0.2) is 12.1 Å². The van der Waals surface area contributed by atoms with Crippen molar-refractivity contribution < 1.29 is 19.1 Å². The van der Waals surface area contributed by atoms with Crippen LogP contribution in [-0.2, 0) is 4.79 Å². The van der Waals surface area contributed by atoms with E-state index in [-0.39, 0.29) is 11.7 Å². The molecule has 1 heterocycles. The number of carbonyl (C=O) groups excluding carboxylic acids is 2. The van der Waals surface area contributed by atoms with E-state index in [1.807, 2.05) is 0 Å². The van der Waals surface area contributed by atoms with E-state index in [9.17, 15) is 9.59 Å². The van der Waals surface area contributed by atoms with Crippen LogP contribution in [-0.4, -0.2) is 24.9 Å². The Morgan fingerprint density at radius 2 is 1.83 bits per heavy atom. The Balaban J connectivity index is 2.47. The molecule has 1 N–H and O–H groups in total. The molecule has 96 valence electrons. The Kier molecular flexibility index (Phi) is 3.50. The Morgan fingerprint density at radius 1 is 1.22 bits per heavy atom. The van der Waals surface area contributed by atoms with Gasteiger partial charge in [-0.25, -0.2) is 0 Å². The van der Waals surface area contributed by atoms with Gasteiger partial charge in [0.1, 0.15) is 13.2 Å². The van der Waals surface area contributed by atoms with Crippen LogP contribution in [0.4, 0.5) is 5.69 Å². The van der Waals surface area contributed by atoms with Gasteiger partial charge < -0.3 is 14.8 Å². The number of amides is 1. The van der Waals surface area contributed by atoms with Gasteiger partial charge in [0, 0.05) is 25.0 Å². The van der Waals surface area contributed by atoms with Crippen LogP contribution in [0, 0.1) is 0 Å². The summed E-state index contributed by atoms with van der Waals surface area (Å²) in [6.07, 6.45) is 0.367. The molecular formula is C13H15NO4. The van der Waals surface area contributed by atoms with Gasteiger partial charge in [-0.2, -0.15) is 0 Å². The zero-order chi connectivity index (χ0) is 13.1. The number of ketones is 1. The number of hydrogen-bond acceptors (Lipinski definition) is 4.